The average molecular weight is 330 g/mol. The number of primary amides is 1. The van der Waals surface area contributed by atoms with E-state index in [-0.39, 0.29) is 17.9 Å². The Labute approximate surface area is 143 Å². The molecule has 1 heterocycles. The monoisotopic (exact) mass is 330 g/mol. The second-order valence-corrected chi connectivity index (χ2v) is 6.27. The van der Waals surface area contributed by atoms with E-state index < -0.39 is 0 Å². The molecule has 3 N–H and O–H groups in total. The predicted molar refractivity (Wildman–Crippen MR) is 93.5 cm³/mol. The Bertz CT molecular complexity index is 649. The summed E-state index contributed by atoms with van der Waals surface area (Å²) in [7, 11) is 1.85. The van der Waals surface area contributed by atoms with E-state index in [1.54, 1.807) is 10.9 Å². The van der Waals surface area contributed by atoms with E-state index in [1.165, 1.54) is 0 Å². The van der Waals surface area contributed by atoms with Crippen LogP contribution in [0.2, 0.25) is 0 Å². The van der Waals surface area contributed by atoms with Crippen molar-refractivity contribution in [1.82, 2.24) is 15.1 Å². The number of nitrogens with one attached hydrogen (secondary N) is 1. The van der Waals surface area contributed by atoms with Crippen LogP contribution < -0.4 is 15.8 Å². The Hall–Kier alpha value is -2.34. The molecule has 1 amide bonds. The van der Waals surface area contributed by atoms with E-state index in [0.717, 1.165) is 16.9 Å². The molecule has 0 radical (unpaired) electrons. The average Bonchev–Trinajstić information content (AvgIpc) is 2.92. The van der Waals surface area contributed by atoms with Crippen LogP contribution in [0.5, 0.6) is 5.75 Å². The first-order chi connectivity index (χ1) is 11.4. The van der Waals surface area contributed by atoms with Crippen molar-refractivity contribution in [1.29, 1.82) is 0 Å². The second-order valence-electron chi connectivity index (χ2n) is 6.27. The zero-order chi connectivity index (χ0) is 17.5. The van der Waals surface area contributed by atoms with Gasteiger partial charge in [-0.1, -0.05) is 12.1 Å². The Kier molecular flexibility index (Phi) is 6.37. The first-order valence-electron chi connectivity index (χ1n) is 8.17. The minimum Gasteiger partial charge on any atom is -0.491 e. The van der Waals surface area contributed by atoms with Gasteiger partial charge in [-0.15, -0.1) is 0 Å². The van der Waals surface area contributed by atoms with Crippen molar-refractivity contribution < 1.29 is 9.53 Å². The van der Waals surface area contributed by atoms with Crippen molar-refractivity contribution >= 4 is 5.91 Å². The summed E-state index contributed by atoms with van der Waals surface area (Å²) in [6.07, 6.45) is 4.43. The van der Waals surface area contributed by atoms with Crippen molar-refractivity contribution in [2.24, 2.45) is 18.7 Å². The molecule has 0 aliphatic carbocycles. The summed E-state index contributed by atoms with van der Waals surface area (Å²) in [5, 5.41) is 7.42. The van der Waals surface area contributed by atoms with Crippen molar-refractivity contribution in [3.05, 3.63) is 47.8 Å². The molecule has 1 atom stereocenters. The van der Waals surface area contributed by atoms with Gasteiger partial charge in [-0.2, -0.15) is 5.10 Å². The lowest BCUT2D eigenvalue weighted by atomic mass is 10.0. The molecule has 0 unspecified atom stereocenters. The van der Waals surface area contributed by atoms with E-state index in [0.29, 0.717) is 19.5 Å². The molecule has 130 valence electrons. The number of aromatic nitrogens is 2. The van der Waals surface area contributed by atoms with Gasteiger partial charge in [-0.25, -0.2) is 0 Å². The fraction of sp³-hybridized carbons (Fsp3) is 0.444. The fourth-order valence-corrected chi connectivity index (χ4v) is 2.48. The highest BCUT2D eigenvalue weighted by molar-refractivity contribution is 5.77. The van der Waals surface area contributed by atoms with Gasteiger partial charge in [0.15, 0.2) is 0 Å². The number of aryl methyl sites for hydroxylation is 1. The van der Waals surface area contributed by atoms with Gasteiger partial charge in [-0.3, -0.25) is 9.48 Å². The molecular weight excluding hydrogens is 304 g/mol. The second kappa shape index (κ2) is 8.49. The van der Waals surface area contributed by atoms with Gasteiger partial charge in [0.2, 0.25) is 5.91 Å². The number of rotatable bonds is 9. The summed E-state index contributed by atoms with van der Waals surface area (Å²) >= 11 is 0. The molecule has 0 saturated carbocycles. The maximum absolute atomic E-state index is 11.6. The molecule has 0 aliphatic rings. The lowest BCUT2D eigenvalue weighted by Gasteiger charge is -2.14. The molecule has 1 aromatic carbocycles. The SMILES string of the molecule is CC(C)Oc1ccc(CNC[C@@H](Cc2cnn(C)c2)C(N)=O)cc1. The first-order valence-corrected chi connectivity index (χ1v) is 8.17. The third-order valence-corrected chi connectivity index (χ3v) is 3.66. The topological polar surface area (TPSA) is 82.2 Å². The van der Waals surface area contributed by atoms with E-state index in [4.69, 9.17) is 10.5 Å². The van der Waals surface area contributed by atoms with Gasteiger partial charge in [-0.05, 0) is 43.5 Å². The zero-order valence-corrected chi connectivity index (χ0v) is 14.5. The number of benzene rings is 1. The largest absolute Gasteiger partial charge is 0.491 e. The number of hydrogen-bond donors (Lipinski definition) is 2. The number of carbonyl (C=O) groups excluding carboxylic acids is 1. The Morgan fingerprint density at radius 2 is 2.00 bits per heavy atom. The number of carbonyl (C=O) groups is 1. The molecule has 0 aliphatic heterocycles. The van der Waals surface area contributed by atoms with Gasteiger partial charge in [0.05, 0.1) is 18.2 Å². The number of amides is 1. The molecule has 1 aromatic heterocycles. The maximum atomic E-state index is 11.6. The normalized spacial score (nSPS) is 12.3. The number of nitrogens with two attached hydrogens (primary N) is 1. The highest BCUT2D eigenvalue weighted by Crippen LogP contribution is 2.14. The maximum Gasteiger partial charge on any atom is 0.222 e. The molecule has 6 heteroatoms. The molecule has 0 spiro atoms. The Morgan fingerprint density at radius 3 is 2.54 bits per heavy atom. The van der Waals surface area contributed by atoms with E-state index in [2.05, 4.69) is 10.4 Å². The van der Waals surface area contributed by atoms with Crippen LogP contribution in [0.15, 0.2) is 36.7 Å². The van der Waals surface area contributed by atoms with Crippen molar-refractivity contribution in [3.63, 3.8) is 0 Å². The molecular formula is C18H26N4O2. The molecule has 0 saturated heterocycles. The lowest BCUT2D eigenvalue weighted by Crippen LogP contribution is -2.34. The third-order valence-electron chi connectivity index (χ3n) is 3.66. The van der Waals surface area contributed by atoms with Crippen LogP contribution in [-0.2, 0) is 24.8 Å². The number of hydrogen-bond acceptors (Lipinski definition) is 4. The summed E-state index contributed by atoms with van der Waals surface area (Å²) in [5.41, 5.74) is 7.66. The zero-order valence-electron chi connectivity index (χ0n) is 14.5. The van der Waals surface area contributed by atoms with Crippen molar-refractivity contribution in [3.8, 4) is 5.75 Å². The predicted octanol–water partition coefficient (Wildman–Crippen LogP) is 1.64. The minimum atomic E-state index is -0.299. The fourth-order valence-electron chi connectivity index (χ4n) is 2.48. The van der Waals surface area contributed by atoms with Gasteiger partial charge < -0.3 is 15.8 Å². The molecule has 2 rings (SSSR count). The summed E-state index contributed by atoms with van der Waals surface area (Å²) in [6, 6.07) is 7.95. The summed E-state index contributed by atoms with van der Waals surface area (Å²) < 4.78 is 7.35. The minimum absolute atomic E-state index is 0.165. The number of nitrogens with zero attached hydrogens (tertiary/aromatic N) is 2. The van der Waals surface area contributed by atoms with Gasteiger partial charge in [0.25, 0.3) is 0 Å². The van der Waals surface area contributed by atoms with Crippen LogP contribution >= 0.6 is 0 Å². The Morgan fingerprint density at radius 1 is 1.29 bits per heavy atom. The highest BCUT2D eigenvalue weighted by atomic mass is 16.5. The smallest absolute Gasteiger partial charge is 0.222 e. The molecule has 2 aromatic rings. The highest BCUT2D eigenvalue weighted by Gasteiger charge is 2.16. The van der Waals surface area contributed by atoms with Crippen LogP contribution in [0.3, 0.4) is 0 Å². The van der Waals surface area contributed by atoms with Gasteiger partial charge in [0, 0.05) is 26.3 Å². The van der Waals surface area contributed by atoms with Crippen LogP contribution in [0, 0.1) is 5.92 Å². The van der Waals surface area contributed by atoms with Gasteiger partial charge in [0.1, 0.15) is 5.75 Å². The van der Waals surface area contributed by atoms with Crippen LogP contribution in [0.1, 0.15) is 25.0 Å². The molecule has 0 fully saturated rings. The van der Waals surface area contributed by atoms with Crippen molar-refractivity contribution in [2.45, 2.75) is 32.9 Å². The lowest BCUT2D eigenvalue weighted by molar-refractivity contribution is -0.121. The summed E-state index contributed by atoms with van der Waals surface area (Å²) in [6.45, 7) is 5.22. The van der Waals surface area contributed by atoms with Crippen LogP contribution in [0.25, 0.3) is 0 Å². The van der Waals surface area contributed by atoms with E-state index >= 15 is 0 Å². The summed E-state index contributed by atoms with van der Waals surface area (Å²) in [4.78, 5) is 11.6. The summed E-state index contributed by atoms with van der Waals surface area (Å²) in [5.74, 6) is 0.310. The van der Waals surface area contributed by atoms with Crippen LogP contribution in [0.4, 0.5) is 0 Å². The standard InChI is InChI=1S/C18H26N4O2/c1-13(2)24-17-6-4-14(5-7-17)9-20-11-16(18(19)23)8-15-10-21-22(3)12-15/h4-7,10,12-13,16,20H,8-9,11H2,1-3H3,(H2,19,23)/t16-/m1/s1. The van der Waals surface area contributed by atoms with E-state index in [9.17, 15) is 4.79 Å². The van der Waals surface area contributed by atoms with Gasteiger partial charge >= 0.3 is 0 Å². The first kappa shape index (κ1) is 18.0. The quantitative estimate of drug-likeness (QED) is 0.732. The molecule has 6 nitrogen and oxygen atoms in total. The molecule has 24 heavy (non-hydrogen) atoms. The third kappa shape index (κ3) is 5.70. The number of ether oxygens (including phenoxy) is 1. The van der Waals surface area contributed by atoms with E-state index in [1.807, 2.05) is 51.4 Å². The molecule has 0 bridgehead atoms. The Balaban J connectivity index is 1.83. The van der Waals surface area contributed by atoms with Crippen LogP contribution in [-0.4, -0.2) is 28.3 Å². The van der Waals surface area contributed by atoms with Crippen molar-refractivity contribution in [2.75, 3.05) is 6.54 Å².